The Labute approximate surface area is 177 Å². The molecule has 5 nitrogen and oxygen atoms in total. The molecule has 4 aromatic rings. The standard InChI is InChI=1S/C23H21BrN4O/c1-14-5-6-15(2)20(10-14)28-23(26-22(27-28)21-4-3-9-29-21)16-7-8-19-17(11-16)12-18(24)13-25-19/h5-8,10-13,21H,3-4,9H2,1-2H3. The summed E-state index contributed by atoms with van der Waals surface area (Å²) in [6.07, 6.45) is 3.80. The summed E-state index contributed by atoms with van der Waals surface area (Å²) in [6, 6.07) is 14.7. The zero-order chi connectivity index (χ0) is 20.0. The van der Waals surface area contributed by atoms with Gasteiger partial charge in [0.1, 0.15) is 6.10 Å². The van der Waals surface area contributed by atoms with E-state index in [0.717, 1.165) is 63.3 Å². The molecule has 1 atom stereocenters. The van der Waals surface area contributed by atoms with Crippen LogP contribution in [0.5, 0.6) is 0 Å². The van der Waals surface area contributed by atoms with Crippen molar-refractivity contribution in [3.05, 3.63) is 70.1 Å². The van der Waals surface area contributed by atoms with Crippen LogP contribution >= 0.6 is 15.9 Å². The van der Waals surface area contributed by atoms with E-state index in [0.29, 0.717) is 0 Å². The molecule has 3 heterocycles. The summed E-state index contributed by atoms with van der Waals surface area (Å²) in [7, 11) is 0. The minimum absolute atomic E-state index is 0.0311. The molecule has 0 spiro atoms. The van der Waals surface area contributed by atoms with Crippen LogP contribution in [0.4, 0.5) is 0 Å². The number of hydrogen-bond acceptors (Lipinski definition) is 4. The highest BCUT2D eigenvalue weighted by Crippen LogP contribution is 2.32. The Bertz CT molecular complexity index is 1210. The van der Waals surface area contributed by atoms with Crippen LogP contribution in [0.15, 0.2) is 53.1 Å². The number of halogens is 1. The first kappa shape index (κ1) is 18.5. The van der Waals surface area contributed by atoms with E-state index >= 15 is 0 Å². The van der Waals surface area contributed by atoms with E-state index in [1.54, 1.807) is 0 Å². The van der Waals surface area contributed by atoms with Gasteiger partial charge in [0.15, 0.2) is 11.6 Å². The van der Waals surface area contributed by atoms with Gasteiger partial charge in [0, 0.05) is 28.2 Å². The highest BCUT2D eigenvalue weighted by atomic mass is 79.9. The van der Waals surface area contributed by atoms with Crippen LogP contribution in [-0.2, 0) is 4.74 Å². The van der Waals surface area contributed by atoms with Gasteiger partial charge >= 0.3 is 0 Å². The first-order valence-corrected chi connectivity index (χ1v) is 10.6. The third-order valence-electron chi connectivity index (χ3n) is 5.34. The second kappa shape index (κ2) is 7.35. The fourth-order valence-electron chi connectivity index (χ4n) is 3.79. The Hall–Kier alpha value is -2.57. The fraction of sp³-hybridized carbons (Fsp3) is 0.261. The molecule has 0 amide bonds. The summed E-state index contributed by atoms with van der Waals surface area (Å²) in [5.74, 6) is 1.58. The molecule has 0 bridgehead atoms. The quantitative estimate of drug-likeness (QED) is 0.402. The van der Waals surface area contributed by atoms with Gasteiger partial charge in [-0.25, -0.2) is 9.67 Å². The van der Waals surface area contributed by atoms with Crippen LogP contribution in [0.3, 0.4) is 0 Å². The van der Waals surface area contributed by atoms with Crippen molar-refractivity contribution >= 4 is 26.8 Å². The summed E-state index contributed by atoms with van der Waals surface area (Å²) >= 11 is 3.52. The van der Waals surface area contributed by atoms with E-state index in [-0.39, 0.29) is 6.10 Å². The van der Waals surface area contributed by atoms with E-state index in [1.165, 1.54) is 5.56 Å². The molecular weight excluding hydrogens is 428 g/mol. The Morgan fingerprint density at radius 1 is 1.10 bits per heavy atom. The summed E-state index contributed by atoms with van der Waals surface area (Å²) in [4.78, 5) is 9.41. The van der Waals surface area contributed by atoms with Crippen molar-refractivity contribution in [2.75, 3.05) is 6.61 Å². The van der Waals surface area contributed by atoms with Gasteiger partial charge in [-0.1, -0.05) is 12.1 Å². The molecule has 1 aliphatic rings. The Morgan fingerprint density at radius 2 is 2.00 bits per heavy atom. The van der Waals surface area contributed by atoms with Gasteiger partial charge in [0.2, 0.25) is 0 Å². The molecule has 5 rings (SSSR count). The molecule has 1 saturated heterocycles. The van der Waals surface area contributed by atoms with Gasteiger partial charge < -0.3 is 4.74 Å². The molecule has 29 heavy (non-hydrogen) atoms. The number of pyridine rings is 1. The number of aryl methyl sites for hydroxylation is 2. The van der Waals surface area contributed by atoms with E-state index in [1.807, 2.05) is 16.9 Å². The van der Waals surface area contributed by atoms with Crippen molar-refractivity contribution in [1.82, 2.24) is 19.7 Å². The van der Waals surface area contributed by atoms with Crippen molar-refractivity contribution in [1.29, 1.82) is 0 Å². The maximum atomic E-state index is 5.86. The summed E-state index contributed by atoms with van der Waals surface area (Å²) in [5, 5.41) is 5.96. The van der Waals surface area contributed by atoms with Gasteiger partial charge in [-0.05, 0) is 84.1 Å². The summed E-state index contributed by atoms with van der Waals surface area (Å²) < 4.78 is 8.79. The molecule has 1 aliphatic heterocycles. The molecule has 0 N–H and O–H groups in total. The first-order valence-electron chi connectivity index (χ1n) is 9.80. The normalized spacial score (nSPS) is 16.6. The van der Waals surface area contributed by atoms with Crippen molar-refractivity contribution < 1.29 is 4.74 Å². The van der Waals surface area contributed by atoms with E-state index in [4.69, 9.17) is 14.8 Å². The SMILES string of the molecule is Cc1ccc(C)c(-n2nc(C3CCCO3)nc2-c2ccc3ncc(Br)cc3c2)c1. The number of fused-ring (bicyclic) bond motifs is 1. The van der Waals surface area contributed by atoms with E-state index in [9.17, 15) is 0 Å². The van der Waals surface area contributed by atoms with Crippen LogP contribution in [0.1, 0.15) is 35.9 Å². The predicted molar refractivity (Wildman–Crippen MR) is 117 cm³/mol. The lowest BCUT2D eigenvalue weighted by atomic mass is 10.1. The maximum absolute atomic E-state index is 5.86. The molecule has 2 aromatic heterocycles. The zero-order valence-electron chi connectivity index (χ0n) is 16.4. The van der Waals surface area contributed by atoms with Crippen LogP contribution in [0.25, 0.3) is 28.0 Å². The molecule has 0 aliphatic carbocycles. The minimum atomic E-state index is -0.0311. The van der Waals surface area contributed by atoms with E-state index in [2.05, 4.69) is 71.2 Å². The molecule has 1 fully saturated rings. The molecule has 146 valence electrons. The van der Waals surface area contributed by atoms with Gasteiger partial charge in [-0.3, -0.25) is 4.98 Å². The largest absolute Gasteiger partial charge is 0.370 e. The number of aromatic nitrogens is 4. The molecule has 0 radical (unpaired) electrons. The monoisotopic (exact) mass is 448 g/mol. The molecule has 1 unspecified atom stereocenters. The van der Waals surface area contributed by atoms with Crippen LogP contribution in [-0.4, -0.2) is 26.4 Å². The number of benzene rings is 2. The fourth-order valence-corrected chi connectivity index (χ4v) is 4.14. The molecule has 0 saturated carbocycles. The second-order valence-electron chi connectivity index (χ2n) is 7.56. The van der Waals surface area contributed by atoms with Gasteiger partial charge in [0.05, 0.1) is 11.2 Å². The third kappa shape index (κ3) is 3.47. The predicted octanol–water partition coefficient (Wildman–Crippen LogP) is 5.71. The number of rotatable bonds is 3. The van der Waals surface area contributed by atoms with Crippen LogP contribution < -0.4 is 0 Å². The number of hydrogen-bond donors (Lipinski definition) is 0. The lowest BCUT2D eigenvalue weighted by Crippen LogP contribution is -2.04. The summed E-state index contributed by atoms with van der Waals surface area (Å²) in [6.45, 7) is 4.97. The molecular formula is C23H21BrN4O. The highest BCUT2D eigenvalue weighted by Gasteiger charge is 2.25. The lowest BCUT2D eigenvalue weighted by molar-refractivity contribution is 0.105. The number of nitrogens with zero attached hydrogens (tertiary/aromatic N) is 4. The molecule has 6 heteroatoms. The maximum Gasteiger partial charge on any atom is 0.180 e. The van der Waals surface area contributed by atoms with E-state index < -0.39 is 0 Å². The Kier molecular flexibility index (Phi) is 4.68. The van der Waals surface area contributed by atoms with Gasteiger partial charge in [0.25, 0.3) is 0 Å². The average molecular weight is 449 g/mol. The van der Waals surface area contributed by atoms with Gasteiger partial charge in [-0.15, -0.1) is 5.10 Å². The van der Waals surface area contributed by atoms with Crippen LogP contribution in [0, 0.1) is 13.8 Å². The highest BCUT2D eigenvalue weighted by molar-refractivity contribution is 9.10. The van der Waals surface area contributed by atoms with Crippen molar-refractivity contribution in [2.45, 2.75) is 32.8 Å². The van der Waals surface area contributed by atoms with Gasteiger partial charge in [-0.2, -0.15) is 0 Å². The molecule has 2 aromatic carbocycles. The number of ether oxygens (including phenoxy) is 1. The smallest absolute Gasteiger partial charge is 0.180 e. The first-order chi connectivity index (χ1) is 14.1. The topological polar surface area (TPSA) is 52.8 Å². The second-order valence-corrected chi connectivity index (χ2v) is 8.47. The minimum Gasteiger partial charge on any atom is -0.370 e. The van der Waals surface area contributed by atoms with Crippen molar-refractivity contribution in [3.8, 4) is 17.1 Å². The van der Waals surface area contributed by atoms with Crippen LogP contribution in [0.2, 0.25) is 0 Å². The van der Waals surface area contributed by atoms with Crippen molar-refractivity contribution in [3.63, 3.8) is 0 Å². The Balaban J connectivity index is 1.71. The lowest BCUT2D eigenvalue weighted by Gasteiger charge is -2.11. The zero-order valence-corrected chi connectivity index (χ0v) is 18.0. The summed E-state index contributed by atoms with van der Waals surface area (Å²) in [5.41, 5.74) is 5.36. The Morgan fingerprint density at radius 3 is 2.83 bits per heavy atom. The average Bonchev–Trinajstić information content (AvgIpc) is 3.39. The third-order valence-corrected chi connectivity index (χ3v) is 5.77. The van der Waals surface area contributed by atoms with Crippen molar-refractivity contribution in [2.24, 2.45) is 0 Å².